The predicted octanol–water partition coefficient (Wildman–Crippen LogP) is 1.94. The summed E-state index contributed by atoms with van der Waals surface area (Å²) in [6, 6.07) is 0. The van der Waals surface area contributed by atoms with E-state index in [1.165, 1.54) is 0 Å². The highest BCUT2D eigenvalue weighted by Gasteiger charge is 2.29. The molecule has 0 aliphatic carbocycles. The van der Waals surface area contributed by atoms with E-state index in [1.807, 2.05) is 0 Å². The summed E-state index contributed by atoms with van der Waals surface area (Å²) in [5, 5.41) is 0. The van der Waals surface area contributed by atoms with Crippen LogP contribution in [0, 0.1) is 11.3 Å². The van der Waals surface area contributed by atoms with E-state index in [4.69, 9.17) is 0 Å². The molecule has 0 aromatic heterocycles. The second-order valence-corrected chi connectivity index (χ2v) is 5.53. The smallest absolute Gasteiger partial charge is 0.130 e. The third kappa shape index (κ3) is 3.90. The van der Waals surface area contributed by atoms with Crippen LogP contribution >= 0.6 is 0 Å². The minimum Gasteiger partial charge on any atom is -0.302 e. The molecule has 1 aliphatic rings. The monoisotopic (exact) mass is 183 g/mol. The van der Waals surface area contributed by atoms with Crippen LogP contribution in [0.1, 0.15) is 34.1 Å². The van der Waals surface area contributed by atoms with E-state index in [0.717, 1.165) is 26.1 Å². The quantitative estimate of drug-likeness (QED) is 0.666. The number of Topliss-reactive ketones (excluding diaryl/α,β-unsaturated/α-hetero) is 1. The van der Waals surface area contributed by atoms with E-state index >= 15 is 0 Å². The number of carbonyl (C=O) groups is 1. The van der Waals surface area contributed by atoms with Gasteiger partial charge >= 0.3 is 0 Å². The van der Waals surface area contributed by atoms with Crippen LogP contribution in [0.5, 0.6) is 0 Å². The van der Waals surface area contributed by atoms with Gasteiger partial charge in [-0.05, 0) is 18.3 Å². The summed E-state index contributed by atoms with van der Waals surface area (Å²) in [6.07, 6.45) is 0.778. The fraction of sp³-hybridized carbons (Fsp3) is 0.909. The van der Waals surface area contributed by atoms with Crippen LogP contribution in [0.2, 0.25) is 0 Å². The number of nitrogens with zero attached hydrogens (tertiary/aromatic N) is 1. The summed E-state index contributed by atoms with van der Waals surface area (Å²) in [7, 11) is 0. The van der Waals surface area contributed by atoms with Gasteiger partial charge in [0.25, 0.3) is 0 Å². The highest BCUT2D eigenvalue weighted by molar-refractivity contribution is 5.75. The average molecular weight is 183 g/mol. The van der Waals surface area contributed by atoms with Crippen molar-refractivity contribution in [3.63, 3.8) is 0 Å². The lowest BCUT2D eigenvalue weighted by Crippen LogP contribution is -2.50. The van der Waals surface area contributed by atoms with Gasteiger partial charge in [0.15, 0.2) is 0 Å². The second-order valence-electron chi connectivity index (χ2n) is 5.53. The van der Waals surface area contributed by atoms with E-state index in [0.29, 0.717) is 17.1 Å². The Morgan fingerprint density at radius 3 is 2.31 bits per heavy atom. The van der Waals surface area contributed by atoms with Gasteiger partial charge in [-0.1, -0.05) is 20.8 Å². The zero-order chi connectivity index (χ0) is 10.1. The first-order valence-electron chi connectivity index (χ1n) is 5.08. The lowest BCUT2D eigenvalue weighted by molar-refractivity contribution is -0.119. The molecule has 1 heterocycles. The van der Waals surface area contributed by atoms with Crippen LogP contribution in [0.15, 0.2) is 0 Å². The Bertz CT molecular complexity index is 187. The van der Waals surface area contributed by atoms with Gasteiger partial charge in [-0.2, -0.15) is 0 Å². The van der Waals surface area contributed by atoms with Crippen molar-refractivity contribution in [3.8, 4) is 0 Å². The Balaban J connectivity index is 2.15. The highest BCUT2D eigenvalue weighted by atomic mass is 16.1. The molecule has 1 rings (SSSR count). The number of hydrogen-bond acceptors (Lipinski definition) is 2. The van der Waals surface area contributed by atoms with E-state index in [1.54, 1.807) is 6.92 Å². The summed E-state index contributed by atoms with van der Waals surface area (Å²) in [5.41, 5.74) is 0.390. The Labute approximate surface area is 81.3 Å². The van der Waals surface area contributed by atoms with E-state index in [2.05, 4.69) is 25.7 Å². The second kappa shape index (κ2) is 3.79. The molecule has 0 amide bonds. The fourth-order valence-corrected chi connectivity index (χ4v) is 2.01. The molecule has 0 radical (unpaired) electrons. The van der Waals surface area contributed by atoms with Crippen LogP contribution in [-0.2, 0) is 4.79 Å². The molecule has 1 aliphatic heterocycles. The Hall–Kier alpha value is -0.370. The van der Waals surface area contributed by atoms with Gasteiger partial charge in [0.05, 0.1) is 0 Å². The average Bonchev–Trinajstić information content (AvgIpc) is 1.78. The van der Waals surface area contributed by atoms with Crippen molar-refractivity contribution in [2.24, 2.45) is 11.3 Å². The largest absolute Gasteiger partial charge is 0.302 e. The highest BCUT2D eigenvalue weighted by Crippen LogP contribution is 2.24. The van der Waals surface area contributed by atoms with E-state index < -0.39 is 0 Å². The first-order valence-corrected chi connectivity index (χ1v) is 5.08. The van der Waals surface area contributed by atoms with Gasteiger partial charge in [-0.25, -0.2) is 0 Å². The van der Waals surface area contributed by atoms with Crippen LogP contribution in [0.25, 0.3) is 0 Å². The van der Waals surface area contributed by atoms with Crippen molar-refractivity contribution in [1.82, 2.24) is 4.90 Å². The van der Waals surface area contributed by atoms with Crippen molar-refractivity contribution in [2.45, 2.75) is 34.1 Å². The lowest BCUT2D eigenvalue weighted by Gasteiger charge is -2.42. The van der Waals surface area contributed by atoms with Crippen molar-refractivity contribution in [2.75, 3.05) is 19.6 Å². The number of hydrogen-bond donors (Lipinski definition) is 0. The maximum absolute atomic E-state index is 10.8. The van der Waals surface area contributed by atoms with Gasteiger partial charge < -0.3 is 9.69 Å². The molecule has 2 heteroatoms. The first-order chi connectivity index (χ1) is 5.87. The number of ketones is 1. The Kier molecular flexibility index (Phi) is 3.12. The fourth-order valence-electron chi connectivity index (χ4n) is 2.01. The van der Waals surface area contributed by atoms with Gasteiger partial charge in [0.1, 0.15) is 5.78 Å². The molecule has 0 spiro atoms. The molecule has 76 valence electrons. The number of carbonyl (C=O) groups excluding carboxylic acids is 1. The van der Waals surface area contributed by atoms with Crippen LogP contribution in [0.4, 0.5) is 0 Å². The van der Waals surface area contributed by atoms with Gasteiger partial charge in [0.2, 0.25) is 0 Å². The molecular weight excluding hydrogens is 162 g/mol. The molecule has 1 saturated heterocycles. The molecule has 0 aromatic carbocycles. The third-order valence-corrected chi connectivity index (χ3v) is 2.31. The molecule has 0 N–H and O–H groups in total. The Morgan fingerprint density at radius 2 is 1.92 bits per heavy atom. The van der Waals surface area contributed by atoms with E-state index in [-0.39, 0.29) is 0 Å². The maximum Gasteiger partial charge on any atom is 0.130 e. The van der Waals surface area contributed by atoms with Crippen LogP contribution < -0.4 is 0 Å². The van der Waals surface area contributed by atoms with E-state index in [9.17, 15) is 4.79 Å². The summed E-state index contributed by atoms with van der Waals surface area (Å²) >= 11 is 0. The Morgan fingerprint density at radius 1 is 1.38 bits per heavy atom. The summed E-state index contributed by atoms with van der Waals surface area (Å²) in [5.74, 6) is 0.972. The molecule has 13 heavy (non-hydrogen) atoms. The maximum atomic E-state index is 10.8. The molecule has 0 unspecified atom stereocenters. The zero-order valence-corrected chi connectivity index (χ0v) is 9.26. The van der Waals surface area contributed by atoms with Crippen molar-refractivity contribution < 1.29 is 4.79 Å². The summed E-state index contributed by atoms with van der Waals surface area (Å²) in [4.78, 5) is 13.3. The molecule has 0 atom stereocenters. The molecule has 1 fully saturated rings. The van der Waals surface area contributed by atoms with Gasteiger partial charge in [-0.3, -0.25) is 0 Å². The zero-order valence-electron chi connectivity index (χ0n) is 9.26. The van der Waals surface area contributed by atoms with Crippen molar-refractivity contribution in [1.29, 1.82) is 0 Å². The predicted molar refractivity (Wildman–Crippen MR) is 54.7 cm³/mol. The summed E-state index contributed by atoms with van der Waals surface area (Å²) in [6.45, 7) is 11.9. The molecular formula is C11H21NO. The minimum absolute atomic E-state index is 0.334. The molecule has 0 saturated carbocycles. The van der Waals surface area contributed by atoms with Crippen LogP contribution in [0.3, 0.4) is 0 Å². The van der Waals surface area contributed by atoms with Crippen molar-refractivity contribution in [3.05, 3.63) is 0 Å². The molecule has 0 bridgehead atoms. The number of likely N-dealkylation sites (tertiary alicyclic amines) is 1. The van der Waals surface area contributed by atoms with Crippen molar-refractivity contribution >= 4 is 5.78 Å². The standard InChI is InChI=1S/C11H21NO/c1-9(13)5-10-6-12(7-10)8-11(2,3)4/h10H,5-8H2,1-4H3. The molecule has 0 aromatic rings. The lowest BCUT2D eigenvalue weighted by atomic mass is 9.89. The van der Waals surface area contributed by atoms with Crippen LogP contribution in [-0.4, -0.2) is 30.3 Å². The number of rotatable bonds is 3. The van der Waals surface area contributed by atoms with Gasteiger partial charge in [0, 0.05) is 26.1 Å². The first kappa shape index (κ1) is 10.7. The molecule has 2 nitrogen and oxygen atoms in total. The summed E-state index contributed by atoms with van der Waals surface area (Å²) < 4.78 is 0. The minimum atomic E-state index is 0.334. The SMILES string of the molecule is CC(=O)CC1CN(CC(C)(C)C)C1. The topological polar surface area (TPSA) is 20.3 Å². The normalized spacial score (nSPS) is 20.0. The van der Waals surface area contributed by atoms with Gasteiger partial charge in [-0.15, -0.1) is 0 Å². The third-order valence-electron chi connectivity index (χ3n) is 2.31.